The van der Waals surface area contributed by atoms with Crippen molar-refractivity contribution in [2.75, 3.05) is 0 Å². The molecule has 4 heteroatoms. The molecule has 2 atom stereocenters. The van der Waals surface area contributed by atoms with E-state index in [2.05, 4.69) is 13.8 Å². The van der Waals surface area contributed by atoms with Crippen molar-refractivity contribution in [1.29, 1.82) is 0 Å². The summed E-state index contributed by atoms with van der Waals surface area (Å²) >= 11 is 0. The predicted octanol–water partition coefficient (Wildman–Crippen LogP) is 5.57. The smallest absolute Gasteiger partial charge is 0.306 e. The van der Waals surface area contributed by atoms with Gasteiger partial charge in [-0.05, 0) is 45.4 Å². The molecule has 0 spiro atoms. The SMILES string of the molecule is CCCCCC(C)OC(=O)CCCC(=O)OC(CC)CCCCC. The number of hydrogen-bond donors (Lipinski definition) is 0. The molecule has 2 unspecified atom stereocenters. The zero-order valence-electron chi connectivity index (χ0n) is 16.3. The third kappa shape index (κ3) is 13.4. The summed E-state index contributed by atoms with van der Waals surface area (Å²) in [5.41, 5.74) is 0. The predicted molar refractivity (Wildman–Crippen MR) is 97.9 cm³/mol. The topological polar surface area (TPSA) is 52.6 Å². The number of unbranched alkanes of at least 4 members (excludes halogenated alkanes) is 4. The number of hydrogen-bond acceptors (Lipinski definition) is 4. The number of esters is 2. The van der Waals surface area contributed by atoms with Gasteiger partial charge in [0.15, 0.2) is 0 Å². The van der Waals surface area contributed by atoms with Gasteiger partial charge in [-0.1, -0.05) is 46.5 Å². The first kappa shape index (κ1) is 22.9. The molecule has 0 aromatic carbocycles. The number of carbonyl (C=O) groups is 2. The molecule has 0 amide bonds. The van der Waals surface area contributed by atoms with Crippen LogP contribution in [-0.2, 0) is 19.1 Å². The van der Waals surface area contributed by atoms with Crippen molar-refractivity contribution in [3.05, 3.63) is 0 Å². The highest BCUT2D eigenvalue weighted by Crippen LogP contribution is 2.13. The van der Waals surface area contributed by atoms with Crippen molar-refractivity contribution < 1.29 is 19.1 Å². The van der Waals surface area contributed by atoms with Gasteiger partial charge in [-0.15, -0.1) is 0 Å². The van der Waals surface area contributed by atoms with E-state index in [1.165, 1.54) is 25.7 Å². The second-order valence-corrected chi connectivity index (χ2v) is 6.67. The number of rotatable bonds is 15. The summed E-state index contributed by atoms with van der Waals surface area (Å²) in [6.07, 6.45) is 10.7. The second-order valence-electron chi connectivity index (χ2n) is 6.67. The Morgan fingerprint density at radius 1 is 0.750 bits per heavy atom. The first-order valence-corrected chi connectivity index (χ1v) is 9.92. The molecule has 0 saturated carbocycles. The maximum absolute atomic E-state index is 11.8. The monoisotopic (exact) mass is 342 g/mol. The highest BCUT2D eigenvalue weighted by atomic mass is 16.5. The molecule has 0 N–H and O–H groups in total. The number of carbonyl (C=O) groups excluding carboxylic acids is 2. The summed E-state index contributed by atoms with van der Waals surface area (Å²) in [4.78, 5) is 23.6. The van der Waals surface area contributed by atoms with Crippen LogP contribution in [0.5, 0.6) is 0 Å². The van der Waals surface area contributed by atoms with Gasteiger partial charge in [0.05, 0.1) is 6.10 Å². The summed E-state index contributed by atoms with van der Waals surface area (Å²) in [6, 6.07) is 0. The van der Waals surface area contributed by atoms with Gasteiger partial charge in [0.1, 0.15) is 6.10 Å². The Labute approximate surface area is 148 Å². The molecular weight excluding hydrogens is 304 g/mol. The summed E-state index contributed by atoms with van der Waals surface area (Å²) in [5, 5.41) is 0. The molecule has 4 nitrogen and oxygen atoms in total. The maximum Gasteiger partial charge on any atom is 0.306 e. The van der Waals surface area contributed by atoms with Gasteiger partial charge < -0.3 is 9.47 Å². The van der Waals surface area contributed by atoms with Gasteiger partial charge in [0.2, 0.25) is 0 Å². The van der Waals surface area contributed by atoms with Crippen molar-refractivity contribution in [2.24, 2.45) is 0 Å². The third-order valence-electron chi connectivity index (χ3n) is 4.19. The minimum atomic E-state index is -0.207. The van der Waals surface area contributed by atoms with Crippen LogP contribution in [-0.4, -0.2) is 24.1 Å². The lowest BCUT2D eigenvalue weighted by atomic mass is 10.1. The van der Waals surface area contributed by atoms with E-state index >= 15 is 0 Å². The van der Waals surface area contributed by atoms with E-state index in [9.17, 15) is 9.59 Å². The van der Waals surface area contributed by atoms with Crippen LogP contribution in [0.4, 0.5) is 0 Å². The molecule has 0 aromatic rings. The fraction of sp³-hybridized carbons (Fsp3) is 0.900. The Balaban J connectivity index is 3.79. The molecule has 24 heavy (non-hydrogen) atoms. The molecule has 0 saturated heterocycles. The van der Waals surface area contributed by atoms with Crippen molar-refractivity contribution in [3.63, 3.8) is 0 Å². The van der Waals surface area contributed by atoms with Gasteiger partial charge in [0, 0.05) is 12.8 Å². The Hall–Kier alpha value is -1.06. The van der Waals surface area contributed by atoms with Crippen molar-refractivity contribution >= 4 is 11.9 Å². The molecule has 0 aliphatic rings. The average Bonchev–Trinajstić information content (AvgIpc) is 2.54. The molecule has 0 bridgehead atoms. The summed E-state index contributed by atoms with van der Waals surface area (Å²) in [5.74, 6) is -0.399. The zero-order valence-corrected chi connectivity index (χ0v) is 16.3. The van der Waals surface area contributed by atoms with Crippen LogP contribution in [0.3, 0.4) is 0 Å². The van der Waals surface area contributed by atoms with Crippen LogP contribution < -0.4 is 0 Å². The van der Waals surface area contributed by atoms with Crippen LogP contribution in [0, 0.1) is 0 Å². The van der Waals surface area contributed by atoms with Crippen LogP contribution in [0.15, 0.2) is 0 Å². The lowest BCUT2D eigenvalue weighted by Gasteiger charge is -2.16. The lowest BCUT2D eigenvalue weighted by molar-refractivity contribution is -0.151. The van der Waals surface area contributed by atoms with E-state index < -0.39 is 0 Å². The van der Waals surface area contributed by atoms with Crippen LogP contribution in [0.1, 0.15) is 105 Å². The van der Waals surface area contributed by atoms with Crippen molar-refractivity contribution in [2.45, 2.75) is 117 Å². The molecule has 0 aliphatic carbocycles. The van der Waals surface area contributed by atoms with E-state index in [0.717, 1.165) is 32.1 Å². The van der Waals surface area contributed by atoms with Gasteiger partial charge in [-0.2, -0.15) is 0 Å². The molecule has 0 aromatic heterocycles. The van der Waals surface area contributed by atoms with Gasteiger partial charge in [-0.3, -0.25) is 9.59 Å². The summed E-state index contributed by atoms with van der Waals surface area (Å²) in [6.45, 7) is 8.30. The lowest BCUT2D eigenvalue weighted by Crippen LogP contribution is -2.18. The van der Waals surface area contributed by atoms with Gasteiger partial charge in [-0.25, -0.2) is 0 Å². The zero-order chi connectivity index (χ0) is 18.2. The standard InChI is InChI=1S/C20H38O4/c1-5-8-10-13-17(4)23-19(21)15-12-16-20(22)24-18(7-3)14-11-9-6-2/h17-18H,5-16H2,1-4H3. The maximum atomic E-state index is 11.8. The van der Waals surface area contributed by atoms with Crippen molar-refractivity contribution in [1.82, 2.24) is 0 Å². The normalized spacial score (nSPS) is 13.3. The Kier molecular flexibility index (Phi) is 14.8. The molecule has 0 radical (unpaired) electrons. The van der Waals surface area contributed by atoms with E-state index in [0.29, 0.717) is 19.3 Å². The molecule has 0 fully saturated rings. The molecule has 0 aliphatic heterocycles. The Bertz CT molecular complexity index is 328. The fourth-order valence-corrected chi connectivity index (χ4v) is 2.61. The summed E-state index contributed by atoms with van der Waals surface area (Å²) < 4.78 is 10.8. The minimum absolute atomic E-state index is 0.0228. The molecular formula is C20H38O4. The third-order valence-corrected chi connectivity index (χ3v) is 4.19. The average molecular weight is 343 g/mol. The highest BCUT2D eigenvalue weighted by molar-refractivity contribution is 5.72. The minimum Gasteiger partial charge on any atom is -0.463 e. The molecule has 142 valence electrons. The van der Waals surface area contributed by atoms with Gasteiger partial charge >= 0.3 is 11.9 Å². The fourth-order valence-electron chi connectivity index (χ4n) is 2.61. The van der Waals surface area contributed by atoms with Crippen molar-refractivity contribution in [3.8, 4) is 0 Å². The van der Waals surface area contributed by atoms with Gasteiger partial charge in [0.25, 0.3) is 0 Å². The highest BCUT2D eigenvalue weighted by Gasteiger charge is 2.14. The molecule has 0 rings (SSSR count). The largest absolute Gasteiger partial charge is 0.463 e. The van der Waals surface area contributed by atoms with E-state index in [-0.39, 0.29) is 24.1 Å². The van der Waals surface area contributed by atoms with E-state index in [4.69, 9.17) is 9.47 Å². The van der Waals surface area contributed by atoms with Crippen LogP contribution in [0.25, 0.3) is 0 Å². The molecule has 0 heterocycles. The Morgan fingerprint density at radius 3 is 1.83 bits per heavy atom. The second kappa shape index (κ2) is 15.5. The number of ether oxygens (including phenoxy) is 2. The summed E-state index contributed by atoms with van der Waals surface area (Å²) in [7, 11) is 0. The van der Waals surface area contributed by atoms with E-state index in [1.54, 1.807) is 0 Å². The quantitative estimate of drug-likeness (QED) is 0.288. The first-order valence-electron chi connectivity index (χ1n) is 9.92. The Morgan fingerprint density at radius 2 is 1.29 bits per heavy atom. The first-order chi connectivity index (χ1) is 11.5. The van der Waals surface area contributed by atoms with E-state index in [1.807, 2.05) is 13.8 Å². The van der Waals surface area contributed by atoms with Crippen LogP contribution in [0.2, 0.25) is 0 Å². The van der Waals surface area contributed by atoms with Crippen LogP contribution >= 0.6 is 0 Å².